The average molecular weight is 616 g/mol. The molecule has 40 heavy (non-hydrogen) atoms. The fraction of sp³-hybridized carbons (Fsp3) is 0.667. The van der Waals surface area contributed by atoms with E-state index in [9.17, 15) is 24.4 Å². The molecule has 0 spiro atoms. The van der Waals surface area contributed by atoms with Crippen molar-refractivity contribution in [3.63, 3.8) is 0 Å². The van der Waals surface area contributed by atoms with Gasteiger partial charge in [0.15, 0.2) is 10.8 Å². The molecule has 0 radical (unpaired) electrons. The SMILES string of the molecule is CC(C)(C)C(=O)OCOC(=O)C1(SCC2CCCCO2)CS[C@@H]2C(NC(=O)C(=NO)c3csc(N)n3)C(=O)N2C1. The Labute approximate surface area is 243 Å². The summed E-state index contributed by atoms with van der Waals surface area (Å²) in [5.41, 5.74) is 4.60. The van der Waals surface area contributed by atoms with Gasteiger partial charge in [-0.25, -0.2) is 4.98 Å². The second-order valence-corrected chi connectivity index (χ2v) is 14.1. The van der Waals surface area contributed by atoms with Gasteiger partial charge >= 0.3 is 11.9 Å². The van der Waals surface area contributed by atoms with E-state index in [0.29, 0.717) is 18.1 Å². The Morgan fingerprint density at radius 2 is 2.12 bits per heavy atom. The number of esters is 2. The zero-order chi connectivity index (χ0) is 29.1. The Kier molecular flexibility index (Phi) is 9.52. The number of nitrogens with two attached hydrogens (primary N) is 1. The van der Waals surface area contributed by atoms with Crippen molar-refractivity contribution in [2.75, 3.05) is 37.2 Å². The fourth-order valence-electron chi connectivity index (χ4n) is 4.32. The van der Waals surface area contributed by atoms with Crippen LogP contribution in [0, 0.1) is 5.41 Å². The highest BCUT2D eigenvalue weighted by Gasteiger charge is 2.58. The quantitative estimate of drug-likeness (QED) is 0.0909. The first kappa shape index (κ1) is 30.4. The second kappa shape index (κ2) is 12.5. The van der Waals surface area contributed by atoms with Crippen molar-refractivity contribution >= 4 is 69.5 Å². The first-order valence-corrected chi connectivity index (χ1v) is 15.6. The number of hydrogen-bond acceptors (Lipinski definition) is 14. The van der Waals surface area contributed by atoms with Gasteiger partial charge in [-0.3, -0.25) is 19.2 Å². The molecule has 4 N–H and O–H groups in total. The largest absolute Gasteiger partial charge is 0.427 e. The molecule has 2 amide bonds. The molecule has 3 aliphatic rings. The van der Waals surface area contributed by atoms with Crippen molar-refractivity contribution in [1.29, 1.82) is 0 Å². The van der Waals surface area contributed by atoms with E-state index < -0.39 is 46.2 Å². The molecule has 1 aromatic heterocycles. The van der Waals surface area contributed by atoms with E-state index >= 15 is 0 Å². The minimum absolute atomic E-state index is 0.0139. The smallest absolute Gasteiger partial charge is 0.327 e. The maximum atomic E-state index is 13.4. The Bertz CT molecular complexity index is 1170. The lowest BCUT2D eigenvalue weighted by molar-refractivity contribution is -0.175. The summed E-state index contributed by atoms with van der Waals surface area (Å²) in [6, 6.07) is -0.876. The van der Waals surface area contributed by atoms with Gasteiger partial charge in [-0.15, -0.1) is 34.9 Å². The van der Waals surface area contributed by atoms with Gasteiger partial charge in [-0.05, 0) is 40.0 Å². The van der Waals surface area contributed by atoms with Crippen LogP contribution in [0.1, 0.15) is 45.7 Å². The van der Waals surface area contributed by atoms with E-state index in [1.54, 1.807) is 20.8 Å². The number of thioether (sulfide) groups is 2. The number of oxime groups is 1. The number of carbonyl (C=O) groups is 4. The number of carbonyl (C=O) groups excluding carboxylic acids is 4. The number of nitrogens with zero attached hydrogens (tertiary/aromatic N) is 3. The molecular weight excluding hydrogens is 582 g/mol. The van der Waals surface area contributed by atoms with Crippen molar-refractivity contribution in [3.8, 4) is 0 Å². The minimum Gasteiger partial charge on any atom is -0.427 e. The molecule has 3 aliphatic heterocycles. The van der Waals surface area contributed by atoms with Gasteiger partial charge < -0.3 is 35.4 Å². The van der Waals surface area contributed by atoms with Crippen LogP contribution in [0.3, 0.4) is 0 Å². The van der Waals surface area contributed by atoms with Gasteiger partial charge in [0, 0.05) is 30.0 Å². The van der Waals surface area contributed by atoms with Crippen LogP contribution in [-0.4, -0.2) is 98.3 Å². The van der Waals surface area contributed by atoms with Crippen LogP contribution in [0.2, 0.25) is 0 Å². The number of rotatable bonds is 9. The molecule has 1 aromatic rings. The van der Waals surface area contributed by atoms with Crippen LogP contribution in [0.15, 0.2) is 10.5 Å². The van der Waals surface area contributed by atoms with Gasteiger partial charge in [0.1, 0.15) is 21.9 Å². The predicted octanol–water partition coefficient (Wildman–Crippen LogP) is 1.43. The van der Waals surface area contributed by atoms with Crippen LogP contribution in [0.4, 0.5) is 5.13 Å². The van der Waals surface area contributed by atoms with Crippen molar-refractivity contribution < 1.29 is 38.6 Å². The molecular formula is C24H33N5O8S3. The first-order chi connectivity index (χ1) is 18.9. The molecule has 3 saturated heterocycles. The molecule has 0 saturated carbocycles. The third-order valence-corrected chi connectivity index (χ3v) is 10.5. The number of thiazole rings is 1. The fourth-order valence-corrected chi connectivity index (χ4v) is 7.96. The summed E-state index contributed by atoms with van der Waals surface area (Å²) in [7, 11) is 0. The van der Waals surface area contributed by atoms with Crippen molar-refractivity contribution in [2.24, 2.45) is 10.6 Å². The standard InChI is InChI=1S/C24H33N5O8S3/c1-23(2,3)20(32)36-12-37-21(33)24(40-8-13-6-4-5-7-35-13)10-29-18(31)16(19(29)39-11-24)27-17(30)15(28-34)14-9-38-22(25)26-14/h9,13,16,19,34H,4-8,10-12H2,1-3H3,(H2,25,26)(H,27,30)/t13?,16?,19-,24?/m1/s1. The van der Waals surface area contributed by atoms with Gasteiger partial charge in [0.2, 0.25) is 12.7 Å². The monoisotopic (exact) mass is 615 g/mol. The average Bonchev–Trinajstić information content (AvgIpc) is 3.36. The lowest BCUT2D eigenvalue weighted by Crippen LogP contribution is -2.75. The van der Waals surface area contributed by atoms with Crippen LogP contribution < -0.4 is 11.1 Å². The summed E-state index contributed by atoms with van der Waals surface area (Å²) >= 11 is 3.79. The summed E-state index contributed by atoms with van der Waals surface area (Å²) in [5.74, 6) is -1.41. The Morgan fingerprint density at radius 3 is 2.75 bits per heavy atom. The molecule has 3 unspecified atom stereocenters. The van der Waals surface area contributed by atoms with Gasteiger partial charge in [0.25, 0.3) is 5.91 Å². The lowest BCUT2D eigenvalue weighted by atomic mass is 9.98. The van der Waals surface area contributed by atoms with Crippen LogP contribution in [-0.2, 0) is 33.4 Å². The van der Waals surface area contributed by atoms with Crippen LogP contribution in [0.5, 0.6) is 0 Å². The molecule has 0 aliphatic carbocycles. The van der Waals surface area contributed by atoms with E-state index in [2.05, 4.69) is 15.5 Å². The summed E-state index contributed by atoms with van der Waals surface area (Å²) in [6.07, 6.45) is 2.91. The molecule has 16 heteroatoms. The maximum absolute atomic E-state index is 13.4. The molecule has 3 fully saturated rings. The van der Waals surface area contributed by atoms with E-state index in [4.69, 9.17) is 19.9 Å². The highest BCUT2D eigenvalue weighted by Crippen LogP contribution is 2.45. The third-order valence-electron chi connectivity index (χ3n) is 6.60. The number of hydrogen-bond donors (Lipinski definition) is 3. The normalized spacial score (nSPS) is 26.9. The number of ether oxygens (including phenoxy) is 3. The van der Waals surface area contributed by atoms with Crippen molar-refractivity contribution in [3.05, 3.63) is 11.1 Å². The van der Waals surface area contributed by atoms with Gasteiger partial charge in [0.05, 0.1) is 11.5 Å². The minimum atomic E-state index is -1.11. The summed E-state index contributed by atoms with van der Waals surface area (Å²) in [4.78, 5) is 56.9. The molecule has 0 bridgehead atoms. The van der Waals surface area contributed by atoms with E-state index in [1.165, 1.54) is 33.8 Å². The molecule has 4 heterocycles. The molecule has 4 rings (SSSR count). The number of amides is 2. The second-order valence-electron chi connectivity index (χ2n) is 10.7. The Hall–Kier alpha value is -2.56. The zero-order valence-electron chi connectivity index (χ0n) is 22.4. The van der Waals surface area contributed by atoms with Crippen molar-refractivity contribution in [1.82, 2.24) is 15.2 Å². The van der Waals surface area contributed by atoms with E-state index in [-0.39, 0.29) is 35.1 Å². The molecule has 13 nitrogen and oxygen atoms in total. The highest BCUT2D eigenvalue weighted by atomic mass is 32.2. The predicted molar refractivity (Wildman–Crippen MR) is 150 cm³/mol. The Balaban J connectivity index is 1.41. The zero-order valence-corrected chi connectivity index (χ0v) is 24.9. The Morgan fingerprint density at radius 1 is 1.35 bits per heavy atom. The number of fused-ring (bicyclic) bond motifs is 1. The number of β-lactam (4-membered cyclic amide) rings is 1. The summed E-state index contributed by atoms with van der Waals surface area (Å²) in [5, 5.41) is 16.2. The van der Waals surface area contributed by atoms with Gasteiger partial charge in [-0.2, -0.15) is 0 Å². The van der Waals surface area contributed by atoms with Crippen LogP contribution >= 0.6 is 34.9 Å². The molecule has 0 aromatic carbocycles. The maximum Gasteiger partial charge on any atom is 0.327 e. The summed E-state index contributed by atoms with van der Waals surface area (Å²) in [6.45, 7) is 5.29. The van der Waals surface area contributed by atoms with Gasteiger partial charge in [-0.1, -0.05) is 5.16 Å². The number of anilines is 1. The summed E-state index contributed by atoms with van der Waals surface area (Å²) < 4.78 is 15.2. The van der Waals surface area contributed by atoms with E-state index in [0.717, 1.165) is 30.6 Å². The number of nitrogens with one attached hydrogen (secondary N) is 1. The molecule has 4 atom stereocenters. The van der Waals surface area contributed by atoms with Crippen molar-refractivity contribution in [2.45, 2.75) is 62.3 Å². The number of nitrogen functional groups attached to an aromatic ring is 1. The van der Waals surface area contributed by atoms with E-state index in [1.807, 2.05) is 0 Å². The third kappa shape index (κ3) is 6.66. The van der Waals surface area contributed by atoms with Crippen LogP contribution in [0.25, 0.3) is 0 Å². The molecule has 220 valence electrons. The number of aromatic nitrogens is 1. The highest BCUT2D eigenvalue weighted by molar-refractivity contribution is 8.05. The first-order valence-electron chi connectivity index (χ1n) is 12.7. The topological polar surface area (TPSA) is 183 Å². The lowest BCUT2D eigenvalue weighted by Gasteiger charge is -2.53.